The molecule has 2 aromatic carbocycles. The molecule has 3 aromatic rings. The largest absolute Gasteiger partial charge is 0.379 e. The third-order valence-electron chi connectivity index (χ3n) is 5.73. The van der Waals surface area contributed by atoms with Gasteiger partial charge in [-0.2, -0.15) is 0 Å². The van der Waals surface area contributed by atoms with Crippen LogP contribution in [0.25, 0.3) is 16.9 Å². The van der Waals surface area contributed by atoms with Gasteiger partial charge in [-0.1, -0.05) is 55.2 Å². The van der Waals surface area contributed by atoms with Crippen molar-refractivity contribution in [1.29, 1.82) is 0 Å². The maximum Gasteiger partial charge on any atom is 0.272 e. The van der Waals surface area contributed by atoms with Gasteiger partial charge >= 0.3 is 0 Å². The van der Waals surface area contributed by atoms with E-state index in [2.05, 4.69) is 24.1 Å². The molecule has 1 aliphatic rings. The van der Waals surface area contributed by atoms with Crippen molar-refractivity contribution in [2.24, 2.45) is 5.92 Å². The molecule has 2 heterocycles. The summed E-state index contributed by atoms with van der Waals surface area (Å²) in [5, 5.41) is 4.29. The molecule has 1 saturated heterocycles. The summed E-state index contributed by atoms with van der Waals surface area (Å²) in [6.07, 6.45) is 0.709. The van der Waals surface area contributed by atoms with E-state index in [4.69, 9.17) is 32.9 Å². The van der Waals surface area contributed by atoms with Crippen molar-refractivity contribution in [2.45, 2.75) is 20.3 Å². The van der Waals surface area contributed by atoms with Gasteiger partial charge in [0.15, 0.2) is 5.69 Å². The van der Waals surface area contributed by atoms with Gasteiger partial charge in [0.2, 0.25) is 0 Å². The highest BCUT2D eigenvalue weighted by Gasteiger charge is 2.25. The van der Waals surface area contributed by atoms with Gasteiger partial charge in [0.25, 0.3) is 5.91 Å². The van der Waals surface area contributed by atoms with Crippen LogP contribution in [-0.2, 0) is 11.2 Å². The minimum absolute atomic E-state index is 0.200. The Morgan fingerprint density at radius 1 is 1.09 bits per heavy atom. The summed E-state index contributed by atoms with van der Waals surface area (Å²) >= 11 is 12.7. The van der Waals surface area contributed by atoms with Crippen molar-refractivity contribution in [2.75, 3.05) is 39.4 Å². The minimum Gasteiger partial charge on any atom is -0.379 e. The predicted molar refractivity (Wildman–Crippen MR) is 137 cm³/mol. The Labute approximate surface area is 210 Å². The summed E-state index contributed by atoms with van der Waals surface area (Å²) in [4.78, 5) is 20.6. The third-order valence-corrected chi connectivity index (χ3v) is 6.20. The molecule has 0 spiro atoms. The van der Waals surface area contributed by atoms with Gasteiger partial charge in [0, 0.05) is 53.9 Å². The fraction of sp³-hybridized carbons (Fsp3) is 0.385. The molecular formula is C26H30Cl2N4O2. The number of rotatable bonds is 8. The number of carbonyl (C=O) groups excluding carboxylic acids is 1. The molecule has 0 unspecified atom stereocenters. The maximum absolute atomic E-state index is 13.4. The van der Waals surface area contributed by atoms with E-state index in [9.17, 15) is 4.79 Å². The van der Waals surface area contributed by atoms with Crippen LogP contribution in [-0.4, -0.2) is 59.8 Å². The molecule has 34 heavy (non-hydrogen) atoms. The molecule has 0 saturated carbocycles. The molecule has 0 bridgehead atoms. The molecule has 0 radical (unpaired) electrons. The molecule has 180 valence electrons. The number of benzene rings is 2. The summed E-state index contributed by atoms with van der Waals surface area (Å²) in [5.41, 5.74) is 2.79. The van der Waals surface area contributed by atoms with Gasteiger partial charge in [0.1, 0.15) is 5.82 Å². The average Bonchev–Trinajstić information content (AvgIpc) is 3.18. The Kier molecular flexibility index (Phi) is 8.27. The lowest BCUT2D eigenvalue weighted by Gasteiger charge is -2.26. The number of carbonyl (C=O) groups is 1. The number of hydrogen-bond donors (Lipinski definition) is 1. The van der Waals surface area contributed by atoms with Gasteiger partial charge in [-0.15, -0.1) is 0 Å². The second-order valence-electron chi connectivity index (χ2n) is 8.86. The number of morpholine rings is 1. The fourth-order valence-electron chi connectivity index (χ4n) is 4.16. The van der Waals surface area contributed by atoms with Crippen molar-refractivity contribution in [3.63, 3.8) is 0 Å². The van der Waals surface area contributed by atoms with Crippen LogP contribution in [0.5, 0.6) is 0 Å². The third kappa shape index (κ3) is 5.99. The SMILES string of the molecule is CC(C)Cc1nc(C(=O)NCCN2CCOCC2)c(-c2cccc(Cl)c2)n1-c1cccc(Cl)c1. The molecule has 1 fully saturated rings. The van der Waals surface area contributed by atoms with E-state index in [0.29, 0.717) is 40.3 Å². The number of amides is 1. The van der Waals surface area contributed by atoms with E-state index >= 15 is 0 Å². The highest BCUT2D eigenvalue weighted by atomic mass is 35.5. The zero-order valence-electron chi connectivity index (χ0n) is 19.6. The number of nitrogens with one attached hydrogen (secondary N) is 1. The molecule has 6 nitrogen and oxygen atoms in total. The van der Waals surface area contributed by atoms with Gasteiger partial charge in [-0.3, -0.25) is 14.3 Å². The average molecular weight is 501 g/mol. The van der Waals surface area contributed by atoms with Gasteiger partial charge < -0.3 is 10.1 Å². The number of halogens is 2. The number of nitrogens with zero attached hydrogens (tertiary/aromatic N) is 3. The topological polar surface area (TPSA) is 59.4 Å². The molecule has 1 aliphatic heterocycles. The summed E-state index contributed by atoms with van der Waals surface area (Å²) in [5.74, 6) is 0.962. The molecule has 1 N–H and O–H groups in total. The van der Waals surface area contributed by atoms with E-state index in [1.165, 1.54) is 0 Å². The number of aromatic nitrogens is 2. The quantitative estimate of drug-likeness (QED) is 0.466. The first kappa shape index (κ1) is 24.7. The predicted octanol–water partition coefficient (Wildman–Crippen LogP) is 5.11. The normalized spacial score (nSPS) is 14.5. The lowest BCUT2D eigenvalue weighted by atomic mass is 10.1. The van der Waals surface area contributed by atoms with Crippen LogP contribution in [0.3, 0.4) is 0 Å². The second kappa shape index (κ2) is 11.4. The summed E-state index contributed by atoms with van der Waals surface area (Å²) in [6.45, 7) is 8.81. The Morgan fingerprint density at radius 2 is 1.79 bits per heavy atom. The van der Waals surface area contributed by atoms with Crippen LogP contribution in [0.2, 0.25) is 10.0 Å². The summed E-state index contributed by atoms with van der Waals surface area (Å²) < 4.78 is 7.44. The van der Waals surface area contributed by atoms with Crippen LogP contribution in [0, 0.1) is 5.92 Å². The van der Waals surface area contributed by atoms with E-state index in [0.717, 1.165) is 49.9 Å². The first-order valence-corrected chi connectivity index (χ1v) is 12.4. The van der Waals surface area contributed by atoms with E-state index in [1.54, 1.807) is 0 Å². The smallest absolute Gasteiger partial charge is 0.272 e. The standard InChI is InChI=1S/C26H30Cl2N4O2/c1-18(2)15-23-30-24(26(33)29-9-10-31-11-13-34-14-12-31)25(19-5-3-6-20(27)16-19)32(23)22-8-4-7-21(28)17-22/h3-8,16-18H,9-15H2,1-2H3,(H,29,33). The van der Waals surface area contributed by atoms with Crippen LogP contribution in [0.15, 0.2) is 48.5 Å². The molecule has 0 atom stereocenters. The molecule has 1 amide bonds. The summed E-state index contributed by atoms with van der Waals surface area (Å²) in [6, 6.07) is 15.1. The van der Waals surface area contributed by atoms with Gasteiger partial charge in [-0.25, -0.2) is 4.98 Å². The fourth-order valence-corrected chi connectivity index (χ4v) is 4.53. The molecule has 1 aromatic heterocycles. The van der Waals surface area contributed by atoms with E-state index < -0.39 is 0 Å². The van der Waals surface area contributed by atoms with E-state index in [1.807, 2.05) is 53.1 Å². The number of hydrogen-bond acceptors (Lipinski definition) is 4. The van der Waals surface area contributed by atoms with Crippen molar-refractivity contribution in [3.8, 4) is 16.9 Å². The maximum atomic E-state index is 13.4. The molecular weight excluding hydrogens is 471 g/mol. The van der Waals surface area contributed by atoms with Gasteiger partial charge in [0.05, 0.1) is 18.9 Å². The highest BCUT2D eigenvalue weighted by Crippen LogP contribution is 2.32. The Hall–Kier alpha value is -2.38. The Bertz CT molecular complexity index is 1140. The lowest BCUT2D eigenvalue weighted by Crippen LogP contribution is -2.41. The van der Waals surface area contributed by atoms with E-state index in [-0.39, 0.29) is 5.91 Å². The Balaban J connectivity index is 1.74. The van der Waals surface area contributed by atoms with Crippen molar-refractivity contribution in [3.05, 3.63) is 70.1 Å². The van der Waals surface area contributed by atoms with Crippen LogP contribution < -0.4 is 5.32 Å². The summed E-state index contributed by atoms with van der Waals surface area (Å²) in [7, 11) is 0. The second-order valence-corrected chi connectivity index (χ2v) is 9.73. The van der Waals surface area contributed by atoms with Gasteiger partial charge in [-0.05, 0) is 36.2 Å². The van der Waals surface area contributed by atoms with Crippen LogP contribution in [0.4, 0.5) is 0 Å². The molecule has 0 aliphatic carbocycles. The zero-order chi connectivity index (χ0) is 24.1. The zero-order valence-corrected chi connectivity index (χ0v) is 21.1. The highest BCUT2D eigenvalue weighted by molar-refractivity contribution is 6.31. The van der Waals surface area contributed by atoms with Crippen molar-refractivity contribution < 1.29 is 9.53 Å². The van der Waals surface area contributed by atoms with Crippen molar-refractivity contribution in [1.82, 2.24) is 19.8 Å². The minimum atomic E-state index is -0.200. The van der Waals surface area contributed by atoms with Crippen LogP contribution in [0.1, 0.15) is 30.2 Å². The first-order valence-electron chi connectivity index (χ1n) is 11.6. The van der Waals surface area contributed by atoms with Crippen molar-refractivity contribution >= 4 is 29.1 Å². The molecule has 8 heteroatoms. The monoisotopic (exact) mass is 500 g/mol. The first-order chi connectivity index (χ1) is 16.4. The molecule has 4 rings (SSSR count). The number of imidazole rings is 1. The number of ether oxygens (including phenoxy) is 1. The Morgan fingerprint density at radius 3 is 2.47 bits per heavy atom. The van der Waals surface area contributed by atoms with Crippen LogP contribution >= 0.6 is 23.2 Å². The lowest BCUT2D eigenvalue weighted by molar-refractivity contribution is 0.0383.